The van der Waals surface area contributed by atoms with Crippen LogP contribution in [0.5, 0.6) is 0 Å². The van der Waals surface area contributed by atoms with E-state index in [0.29, 0.717) is 18.3 Å². The van der Waals surface area contributed by atoms with Crippen molar-refractivity contribution in [1.29, 1.82) is 0 Å². The number of hydrogen-bond acceptors (Lipinski definition) is 6. The number of anilines is 1. The van der Waals surface area contributed by atoms with E-state index < -0.39 is 0 Å². The van der Waals surface area contributed by atoms with Crippen LogP contribution in [-0.4, -0.2) is 51.5 Å². The molecule has 0 spiro atoms. The van der Waals surface area contributed by atoms with E-state index in [-0.39, 0.29) is 5.91 Å². The Morgan fingerprint density at radius 2 is 2.07 bits per heavy atom. The molecule has 2 aromatic rings. The van der Waals surface area contributed by atoms with Crippen molar-refractivity contribution in [2.24, 2.45) is 5.92 Å². The topological polar surface area (TPSA) is 54.3 Å². The quantitative estimate of drug-likeness (QED) is 0.658. The fraction of sp³-hybridized carbons (Fsp3) is 0.632. The summed E-state index contributed by atoms with van der Waals surface area (Å²) in [7, 11) is 1.87. The van der Waals surface area contributed by atoms with Gasteiger partial charge in [-0.3, -0.25) is 9.36 Å². The van der Waals surface area contributed by atoms with Crippen LogP contribution in [-0.2, 0) is 11.3 Å². The molecule has 8 heteroatoms. The molecule has 0 bridgehead atoms. The van der Waals surface area contributed by atoms with Gasteiger partial charge in [-0.1, -0.05) is 24.8 Å². The minimum absolute atomic E-state index is 0.132. The first-order valence-corrected chi connectivity index (χ1v) is 11.6. The molecular weight excluding hydrogens is 378 g/mol. The van der Waals surface area contributed by atoms with Crippen LogP contribution in [0.25, 0.3) is 0 Å². The second-order valence-corrected chi connectivity index (χ2v) is 9.65. The molecule has 2 aromatic heterocycles. The Balaban J connectivity index is 1.39. The Labute approximate surface area is 168 Å². The summed E-state index contributed by atoms with van der Waals surface area (Å²) in [6, 6.07) is 4.60. The van der Waals surface area contributed by atoms with Crippen LogP contribution < -0.4 is 4.90 Å². The van der Waals surface area contributed by atoms with Gasteiger partial charge in [0.05, 0.1) is 12.3 Å². The molecule has 1 amide bonds. The van der Waals surface area contributed by atoms with E-state index in [1.807, 2.05) is 18.5 Å². The van der Waals surface area contributed by atoms with Gasteiger partial charge in [-0.05, 0) is 43.0 Å². The van der Waals surface area contributed by atoms with E-state index in [2.05, 4.69) is 32.7 Å². The van der Waals surface area contributed by atoms with Crippen molar-refractivity contribution in [3.8, 4) is 0 Å². The van der Waals surface area contributed by atoms with Gasteiger partial charge < -0.3 is 9.80 Å². The zero-order valence-corrected chi connectivity index (χ0v) is 17.6. The van der Waals surface area contributed by atoms with Crippen LogP contribution in [0.2, 0.25) is 0 Å². The third-order valence-electron chi connectivity index (χ3n) is 5.35. The molecule has 2 fully saturated rings. The molecule has 6 nitrogen and oxygen atoms in total. The Hall–Kier alpha value is -1.54. The molecule has 0 aromatic carbocycles. The van der Waals surface area contributed by atoms with Crippen molar-refractivity contribution >= 4 is 35.0 Å². The number of thioether (sulfide) groups is 1. The summed E-state index contributed by atoms with van der Waals surface area (Å²) < 4.78 is 2.28. The summed E-state index contributed by atoms with van der Waals surface area (Å²) in [5.41, 5.74) is 0. The maximum atomic E-state index is 12.5. The minimum Gasteiger partial charge on any atom is -0.341 e. The van der Waals surface area contributed by atoms with Gasteiger partial charge >= 0.3 is 0 Å². The maximum absolute atomic E-state index is 12.5. The average molecular weight is 406 g/mol. The second-order valence-electron chi connectivity index (χ2n) is 7.67. The van der Waals surface area contributed by atoms with E-state index >= 15 is 0 Å². The predicted octanol–water partition coefficient (Wildman–Crippen LogP) is 3.66. The molecule has 146 valence electrons. The zero-order chi connectivity index (χ0) is 18.8. The van der Waals surface area contributed by atoms with Gasteiger partial charge in [0.2, 0.25) is 11.9 Å². The van der Waals surface area contributed by atoms with Gasteiger partial charge in [-0.2, -0.15) is 0 Å². The van der Waals surface area contributed by atoms with E-state index in [1.54, 1.807) is 16.2 Å². The van der Waals surface area contributed by atoms with Crippen molar-refractivity contribution in [2.75, 3.05) is 30.8 Å². The van der Waals surface area contributed by atoms with Crippen molar-refractivity contribution in [2.45, 2.75) is 50.4 Å². The summed E-state index contributed by atoms with van der Waals surface area (Å²) >= 11 is 3.21. The lowest BCUT2D eigenvalue weighted by atomic mass is 10.00. The number of carbonyl (C=O) groups is 1. The van der Waals surface area contributed by atoms with E-state index in [0.717, 1.165) is 30.1 Å². The lowest BCUT2D eigenvalue weighted by molar-refractivity contribution is -0.127. The maximum Gasteiger partial charge on any atom is 0.233 e. The summed E-state index contributed by atoms with van der Waals surface area (Å²) in [5, 5.41) is 11.9. The largest absolute Gasteiger partial charge is 0.341 e. The molecule has 3 heterocycles. The zero-order valence-electron chi connectivity index (χ0n) is 16.0. The highest BCUT2D eigenvalue weighted by Gasteiger charge is 2.32. The smallest absolute Gasteiger partial charge is 0.233 e. The summed E-state index contributed by atoms with van der Waals surface area (Å²) in [5.74, 6) is 2.34. The normalized spacial score (nSPS) is 18.1. The molecular formula is C19H27N5OS2. The van der Waals surface area contributed by atoms with Gasteiger partial charge in [0.15, 0.2) is 5.16 Å². The fourth-order valence-electron chi connectivity index (χ4n) is 3.41. The highest BCUT2D eigenvalue weighted by Crippen LogP contribution is 2.41. The molecule has 0 unspecified atom stereocenters. The van der Waals surface area contributed by atoms with E-state index in [4.69, 9.17) is 0 Å². The fourth-order valence-corrected chi connectivity index (χ4v) is 5.10. The third kappa shape index (κ3) is 4.48. The Morgan fingerprint density at radius 1 is 1.30 bits per heavy atom. The van der Waals surface area contributed by atoms with Crippen molar-refractivity contribution in [3.63, 3.8) is 0 Å². The third-order valence-corrected chi connectivity index (χ3v) is 7.14. The molecule has 2 aliphatic rings. The predicted molar refractivity (Wildman–Crippen MR) is 110 cm³/mol. The average Bonchev–Trinajstić information content (AvgIpc) is 3.21. The van der Waals surface area contributed by atoms with Gasteiger partial charge in [0.1, 0.15) is 0 Å². The van der Waals surface area contributed by atoms with Crippen molar-refractivity contribution < 1.29 is 4.79 Å². The van der Waals surface area contributed by atoms with Gasteiger partial charge in [0, 0.05) is 31.1 Å². The van der Waals surface area contributed by atoms with Crippen LogP contribution >= 0.6 is 23.1 Å². The van der Waals surface area contributed by atoms with Gasteiger partial charge in [-0.15, -0.1) is 21.5 Å². The van der Waals surface area contributed by atoms with Crippen LogP contribution in [0.3, 0.4) is 0 Å². The molecule has 0 radical (unpaired) electrons. The summed E-state index contributed by atoms with van der Waals surface area (Å²) in [4.78, 5) is 17.9. The lowest BCUT2D eigenvalue weighted by Crippen LogP contribution is -2.34. The van der Waals surface area contributed by atoms with Crippen molar-refractivity contribution in [3.05, 3.63) is 22.4 Å². The Morgan fingerprint density at radius 3 is 2.74 bits per heavy atom. The highest BCUT2D eigenvalue weighted by atomic mass is 32.2. The number of rotatable bonds is 7. The number of nitrogens with zero attached hydrogens (tertiary/aromatic N) is 5. The van der Waals surface area contributed by atoms with E-state index in [1.165, 1.54) is 42.3 Å². The van der Waals surface area contributed by atoms with Crippen LogP contribution in [0.15, 0.2) is 22.7 Å². The molecule has 0 atom stereocenters. The number of carbonyl (C=O) groups excluding carboxylic acids is 1. The van der Waals surface area contributed by atoms with Gasteiger partial charge in [-0.25, -0.2) is 0 Å². The van der Waals surface area contributed by atoms with Crippen molar-refractivity contribution in [1.82, 2.24) is 19.7 Å². The number of thiophene rings is 1. The molecule has 1 saturated carbocycles. The first-order chi connectivity index (χ1) is 13.1. The molecule has 1 aliphatic carbocycles. The molecule has 0 N–H and O–H groups in total. The standard InChI is InChI=1S/C19H27N5OS2/c1-14-7-9-23(10-8-14)18-20-21-19(24(18)15-5-6-15)27-13-17(25)22(2)12-16-4-3-11-26-16/h3-4,11,14-15H,5-10,12-13H2,1-2H3. The van der Waals surface area contributed by atoms with E-state index in [9.17, 15) is 4.79 Å². The highest BCUT2D eigenvalue weighted by molar-refractivity contribution is 7.99. The molecule has 4 rings (SSSR count). The number of hydrogen-bond donors (Lipinski definition) is 0. The molecule has 27 heavy (non-hydrogen) atoms. The first kappa shape index (κ1) is 18.8. The number of aromatic nitrogens is 3. The summed E-state index contributed by atoms with van der Waals surface area (Å²) in [6.45, 7) is 5.10. The molecule has 1 saturated heterocycles. The SMILES string of the molecule is CC1CCN(c2nnc(SCC(=O)N(C)Cc3cccs3)n2C2CC2)CC1. The monoisotopic (exact) mass is 405 g/mol. The first-order valence-electron chi connectivity index (χ1n) is 9.71. The Kier molecular flexibility index (Phi) is 5.73. The number of amides is 1. The summed E-state index contributed by atoms with van der Waals surface area (Å²) in [6.07, 6.45) is 4.81. The second kappa shape index (κ2) is 8.22. The minimum atomic E-state index is 0.132. The van der Waals surface area contributed by atoms with Gasteiger partial charge in [0.25, 0.3) is 0 Å². The Bertz CT molecular complexity index is 763. The van der Waals surface area contributed by atoms with Crippen LogP contribution in [0.4, 0.5) is 5.95 Å². The number of piperidine rings is 1. The van der Waals surface area contributed by atoms with Crippen LogP contribution in [0, 0.1) is 5.92 Å². The molecule has 1 aliphatic heterocycles. The van der Waals surface area contributed by atoms with Crippen LogP contribution in [0.1, 0.15) is 43.5 Å². The lowest BCUT2D eigenvalue weighted by Gasteiger charge is -2.31.